The molecule has 2 saturated heterocycles. The Kier molecular flexibility index (Phi) is 3.82. The SMILES string of the molecule is CC1([N+](=O)[O-])COC2(OC1)C(C)(C)C1(OCC(C)([N+](=O)[O-])CO1)C2(C)C. The molecule has 0 aromatic rings. The summed E-state index contributed by atoms with van der Waals surface area (Å²) in [7, 11) is 0. The van der Waals surface area contributed by atoms with Crippen LogP contribution in [-0.2, 0) is 18.9 Å². The summed E-state index contributed by atoms with van der Waals surface area (Å²) in [6.07, 6.45) is 0. The first-order valence-electron chi connectivity index (χ1n) is 8.56. The van der Waals surface area contributed by atoms with E-state index in [1.807, 2.05) is 27.7 Å². The lowest BCUT2D eigenvalue weighted by Gasteiger charge is -2.76. The van der Waals surface area contributed by atoms with E-state index in [1.165, 1.54) is 13.8 Å². The van der Waals surface area contributed by atoms with Gasteiger partial charge in [0.2, 0.25) is 0 Å². The van der Waals surface area contributed by atoms with E-state index in [0.29, 0.717) is 0 Å². The fraction of sp³-hybridized carbons (Fsp3) is 1.00. The maximum atomic E-state index is 11.3. The molecular weight excluding hydrogens is 348 g/mol. The van der Waals surface area contributed by atoms with Gasteiger partial charge in [-0.3, -0.25) is 20.2 Å². The Morgan fingerprint density at radius 2 is 0.846 bits per heavy atom. The minimum absolute atomic E-state index is 0.102. The fourth-order valence-electron chi connectivity index (χ4n) is 4.78. The van der Waals surface area contributed by atoms with Crippen LogP contribution in [0.5, 0.6) is 0 Å². The summed E-state index contributed by atoms with van der Waals surface area (Å²) in [5.41, 5.74) is -4.31. The Hall–Kier alpha value is -1.36. The topological polar surface area (TPSA) is 123 Å². The van der Waals surface area contributed by atoms with Gasteiger partial charge in [-0.05, 0) is 27.7 Å². The number of rotatable bonds is 2. The van der Waals surface area contributed by atoms with E-state index in [-0.39, 0.29) is 26.4 Å². The van der Waals surface area contributed by atoms with Crippen molar-refractivity contribution < 1.29 is 28.8 Å². The Labute approximate surface area is 151 Å². The molecule has 0 atom stereocenters. The van der Waals surface area contributed by atoms with Crippen molar-refractivity contribution in [2.75, 3.05) is 26.4 Å². The summed E-state index contributed by atoms with van der Waals surface area (Å²) in [4.78, 5) is 21.8. The van der Waals surface area contributed by atoms with Gasteiger partial charge in [-0.15, -0.1) is 0 Å². The van der Waals surface area contributed by atoms with Crippen LogP contribution in [0.1, 0.15) is 41.5 Å². The van der Waals surface area contributed by atoms with Crippen molar-refractivity contribution >= 4 is 0 Å². The van der Waals surface area contributed by atoms with Gasteiger partial charge >= 0.3 is 0 Å². The summed E-state index contributed by atoms with van der Waals surface area (Å²) in [6, 6.07) is 0. The highest BCUT2D eigenvalue weighted by Gasteiger charge is 2.87. The van der Waals surface area contributed by atoms with Crippen LogP contribution in [-0.4, -0.2) is 58.9 Å². The first kappa shape index (κ1) is 19.4. The molecule has 0 aromatic carbocycles. The highest BCUT2D eigenvalue weighted by atomic mass is 16.8. The summed E-state index contributed by atoms with van der Waals surface area (Å²) in [5, 5.41) is 22.6. The van der Waals surface area contributed by atoms with Crippen molar-refractivity contribution in [1.29, 1.82) is 0 Å². The third kappa shape index (κ3) is 1.90. The normalized spacial score (nSPS) is 46.7. The molecule has 3 aliphatic rings. The molecule has 148 valence electrons. The summed E-state index contributed by atoms with van der Waals surface area (Å²) in [6.45, 7) is 9.89. The van der Waals surface area contributed by atoms with Gasteiger partial charge in [0.15, 0.2) is 11.6 Å². The van der Waals surface area contributed by atoms with E-state index in [2.05, 4.69) is 0 Å². The minimum atomic E-state index is -1.32. The van der Waals surface area contributed by atoms with Crippen LogP contribution in [0.15, 0.2) is 0 Å². The molecule has 3 fully saturated rings. The van der Waals surface area contributed by atoms with Crippen molar-refractivity contribution in [3.8, 4) is 0 Å². The van der Waals surface area contributed by atoms with Crippen molar-refractivity contribution in [2.24, 2.45) is 10.8 Å². The molecule has 0 N–H and O–H groups in total. The van der Waals surface area contributed by atoms with E-state index in [4.69, 9.17) is 18.9 Å². The molecule has 2 heterocycles. The number of hydrogen-bond acceptors (Lipinski definition) is 8. The average molecular weight is 374 g/mol. The second-order valence-corrected chi connectivity index (χ2v) is 9.15. The summed E-state index contributed by atoms with van der Waals surface area (Å²) in [5.74, 6) is -2.31. The highest BCUT2D eigenvalue weighted by molar-refractivity contribution is 5.25. The van der Waals surface area contributed by atoms with E-state index in [9.17, 15) is 20.2 Å². The van der Waals surface area contributed by atoms with Crippen molar-refractivity contribution in [2.45, 2.75) is 64.2 Å². The van der Waals surface area contributed by atoms with E-state index >= 15 is 0 Å². The molecule has 26 heavy (non-hydrogen) atoms. The van der Waals surface area contributed by atoms with E-state index in [0.717, 1.165) is 0 Å². The Balaban J connectivity index is 1.88. The molecule has 0 amide bonds. The maximum Gasteiger partial charge on any atom is 0.265 e. The second-order valence-electron chi connectivity index (χ2n) is 9.15. The highest BCUT2D eigenvalue weighted by Crippen LogP contribution is 2.73. The first-order valence-corrected chi connectivity index (χ1v) is 8.56. The lowest BCUT2D eigenvalue weighted by molar-refractivity contribution is -0.646. The van der Waals surface area contributed by atoms with E-state index in [1.54, 1.807) is 0 Å². The quantitative estimate of drug-likeness (QED) is 0.527. The van der Waals surface area contributed by atoms with Gasteiger partial charge in [-0.2, -0.15) is 0 Å². The molecule has 1 saturated carbocycles. The number of nitro groups is 2. The van der Waals surface area contributed by atoms with Gasteiger partial charge in [0.05, 0.1) is 10.8 Å². The molecular formula is C16H26N2O8. The molecule has 2 spiro atoms. The van der Waals surface area contributed by atoms with Gasteiger partial charge in [-0.1, -0.05) is 0 Å². The lowest BCUT2D eigenvalue weighted by Crippen LogP contribution is -2.89. The Morgan fingerprint density at radius 3 is 1.04 bits per heavy atom. The first-order chi connectivity index (χ1) is 11.7. The molecule has 10 heteroatoms. The third-order valence-corrected chi connectivity index (χ3v) is 6.52. The third-order valence-electron chi connectivity index (χ3n) is 6.52. The number of ether oxygens (including phenoxy) is 4. The van der Waals surface area contributed by atoms with Gasteiger partial charge in [0.1, 0.15) is 26.4 Å². The maximum absolute atomic E-state index is 11.3. The largest absolute Gasteiger partial charge is 0.341 e. The van der Waals surface area contributed by atoms with Crippen molar-refractivity contribution in [1.82, 2.24) is 0 Å². The molecule has 10 nitrogen and oxygen atoms in total. The standard InChI is InChI=1S/C16H26N2O8/c1-11(2)15(23-7-13(5,8-24-15)17(19)20)12(3,4)16(11)25-9-14(6,10-26-16)18(21)22/h7-10H2,1-6H3. The number of nitrogens with zero attached hydrogens (tertiary/aromatic N) is 2. The Bertz CT molecular complexity index is 571. The van der Waals surface area contributed by atoms with Crippen LogP contribution in [0.4, 0.5) is 0 Å². The predicted octanol–water partition coefficient (Wildman–Crippen LogP) is 1.61. The van der Waals surface area contributed by atoms with Gasteiger partial charge in [-0.25, -0.2) is 0 Å². The molecule has 2 aliphatic heterocycles. The fourth-order valence-corrected chi connectivity index (χ4v) is 4.78. The molecule has 3 rings (SSSR count). The van der Waals surface area contributed by atoms with Gasteiger partial charge in [0, 0.05) is 23.7 Å². The zero-order valence-electron chi connectivity index (χ0n) is 16.0. The average Bonchev–Trinajstić information content (AvgIpc) is 2.55. The van der Waals surface area contributed by atoms with Crippen molar-refractivity contribution in [3.63, 3.8) is 0 Å². The summed E-state index contributed by atoms with van der Waals surface area (Å²) < 4.78 is 23.9. The van der Waals surface area contributed by atoms with Gasteiger partial charge in [0.25, 0.3) is 11.1 Å². The van der Waals surface area contributed by atoms with Crippen LogP contribution in [0.3, 0.4) is 0 Å². The number of hydrogen-bond donors (Lipinski definition) is 0. The van der Waals surface area contributed by atoms with Crippen LogP contribution >= 0.6 is 0 Å². The molecule has 0 radical (unpaired) electrons. The Morgan fingerprint density at radius 1 is 0.615 bits per heavy atom. The lowest BCUT2D eigenvalue weighted by atomic mass is 9.44. The monoisotopic (exact) mass is 374 g/mol. The molecule has 0 bridgehead atoms. The second kappa shape index (κ2) is 5.12. The van der Waals surface area contributed by atoms with Crippen molar-refractivity contribution in [3.05, 3.63) is 20.2 Å². The molecule has 0 unspecified atom stereocenters. The van der Waals surface area contributed by atoms with E-state index < -0.39 is 43.3 Å². The zero-order valence-corrected chi connectivity index (χ0v) is 16.0. The van der Waals surface area contributed by atoms with Crippen LogP contribution in [0.25, 0.3) is 0 Å². The van der Waals surface area contributed by atoms with Crippen LogP contribution in [0, 0.1) is 31.1 Å². The molecule has 1 aliphatic carbocycles. The van der Waals surface area contributed by atoms with Crippen LogP contribution < -0.4 is 0 Å². The predicted molar refractivity (Wildman–Crippen MR) is 87.6 cm³/mol. The van der Waals surface area contributed by atoms with Gasteiger partial charge < -0.3 is 18.9 Å². The van der Waals surface area contributed by atoms with Crippen LogP contribution in [0.2, 0.25) is 0 Å². The molecule has 0 aromatic heterocycles. The zero-order chi connectivity index (χ0) is 19.8. The summed E-state index contributed by atoms with van der Waals surface area (Å²) >= 11 is 0. The minimum Gasteiger partial charge on any atom is -0.341 e. The smallest absolute Gasteiger partial charge is 0.265 e.